The number of benzene rings is 3. The maximum absolute atomic E-state index is 13.8. The van der Waals surface area contributed by atoms with Crippen LogP contribution >= 0.6 is 0 Å². The summed E-state index contributed by atoms with van der Waals surface area (Å²) in [6, 6.07) is 20.4. The number of unbranched alkanes of at least 4 members (excludes halogenated alkanes) is 5. The summed E-state index contributed by atoms with van der Waals surface area (Å²) in [5, 5.41) is 28.6. The molecule has 9 heteroatoms. The van der Waals surface area contributed by atoms with E-state index in [0.29, 0.717) is 62.6 Å². The summed E-state index contributed by atoms with van der Waals surface area (Å²) in [6.07, 6.45) is 12.0. The number of aliphatic hydroxyl groups is 2. The van der Waals surface area contributed by atoms with E-state index >= 15 is 0 Å². The van der Waals surface area contributed by atoms with E-state index in [-0.39, 0.29) is 18.8 Å². The van der Waals surface area contributed by atoms with E-state index < -0.39 is 0 Å². The predicted octanol–water partition coefficient (Wildman–Crippen LogP) is 7.40. The van der Waals surface area contributed by atoms with Crippen molar-refractivity contribution < 1.29 is 19.7 Å². The minimum absolute atomic E-state index is 0.267. The van der Waals surface area contributed by atoms with Gasteiger partial charge in [-0.05, 0) is 88.0 Å². The molecule has 0 unspecified atom stereocenters. The van der Waals surface area contributed by atoms with Crippen LogP contribution in [0.1, 0.15) is 56.6 Å². The Morgan fingerprint density at radius 3 is 2.35 bits per heavy atom. The normalized spacial score (nSPS) is 11.3. The predicted molar refractivity (Wildman–Crippen MR) is 189 cm³/mol. The highest BCUT2D eigenvalue weighted by Crippen LogP contribution is 2.41. The average Bonchev–Trinajstić information content (AvgIpc) is 3.14. The summed E-state index contributed by atoms with van der Waals surface area (Å²) in [6.45, 7) is 2.21. The van der Waals surface area contributed by atoms with E-state index in [2.05, 4.69) is 16.9 Å². The van der Waals surface area contributed by atoms with Gasteiger partial charge in [-0.25, -0.2) is 4.98 Å². The minimum Gasteiger partial charge on any atom is -0.493 e. The molecule has 0 amide bonds. The molecular weight excluding hydrogens is 604 g/mol. The van der Waals surface area contributed by atoms with E-state index in [1.165, 1.54) is 30.4 Å². The monoisotopic (exact) mass is 644 g/mol. The zero-order valence-electron chi connectivity index (χ0n) is 27.4. The fourth-order valence-electron chi connectivity index (χ4n) is 6.25. The lowest BCUT2D eigenvalue weighted by Gasteiger charge is -2.19. The molecule has 48 heavy (non-hydrogen) atoms. The Morgan fingerprint density at radius 2 is 1.60 bits per heavy atom. The molecule has 0 aliphatic heterocycles. The molecular formula is C39H40N4O5. The number of hydrogen-bond donors (Lipinski definition) is 2. The first-order chi connectivity index (χ1) is 23.6. The van der Waals surface area contributed by atoms with Crippen molar-refractivity contribution in [2.24, 2.45) is 0 Å². The van der Waals surface area contributed by atoms with Gasteiger partial charge in [0, 0.05) is 29.5 Å². The maximum Gasteiger partial charge on any atom is 0.280 e. The Bertz CT molecular complexity index is 2100. The molecule has 6 aromatic rings. The molecule has 0 saturated heterocycles. The summed E-state index contributed by atoms with van der Waals surface area (Å²) in [5.41, 5.74) is 3.61. The Labute approximate surface area is 279 Å². The number of fused-ring (bicyclic) bond motifs is 2. The molecule has 0 radical (unpaired) electrons. The molecule has 0 saturated carbocycles. The molecule has 2 N–H and O–H groups in total. The largest absolute Gasteiger partial charge is 0.493 e. The van der Waals surface area contributed by atoms with Gasteiger partial charge >= 0.3 is 0 Å². The van der Waals surface area contributed by atoms with Crippen LogP contribution in [0, 0.1) is 0 Å². The van der Waals surface area contributed by atoms with Gasteiger partial charge in [0.1, 0.15) is 5.69 Å². The fourth-order valence-corrected chi connectivity index (χ4v) is 6.25. The number of methoxy groups -OCH3 is 1. The Hall–Kier alpha value is -5.12. The average molecular weight is 645 g/mol. The number of aliphatic hydroxyl groups excluding tert-OH is 2. The van der Waals surface area contributed by atoms with Crippen molar-refractivity contribution >= 4 is 21.5 Å². The molecule has 0 aliphatic carbocycles. The molecule has 3 aromatic carbocycles. The van der Waals surface area contributed by atoms with Crippen LogP contribution in [0.25, 0.3) is 49.7 Å². The van der Waals surface area contributed by atoms with Crippen molar-refractivity contribution in [2.45, 2.75) is 58.7 Å². The van der Waals surface area contributed by atoms with Gasteiger partial charge in [0.05, 0.1) is 32.3 Å². The third kappa shape index (κ3) is 6.65. The van der Waals surface area contributed by atoms with Crippen LogP contribution in [0.2, 0.25) is 0 Å². The van der Waals surface area contributed by atoms with Gasteiger partial charge in [-0.1, -0.05) is 57.2 Å². The Morgan fingerprint density at radius 1 is 0.792 bits per heavy atom. The first-order valence-corrected chi connectivity index (χ1v) is 16.5. The van der Waals surface area contributed by atoms with E-state index in [1.54, 1.807) is 37.8 Å². The zero-order chi connectivity index (χ0) is 33.5. The second kappa shape index (κ2) is 15.2. The van der Waals surface area contributed by atoms with Gasteiger partial charge in [-0.2, -0.15) is 9.78 Å². The van der Waals surface area contributed by atoms with E-state index in [0.717, 1.165) is 29.2 Å². The molecule has 0 aliphatic rings. The van der Waals surface area contributed by atoms with Gasteiger partial charge in [-0.3, -0.25) is 9.78 Å². The van der Waals surface area contributed by atoms with Crippen LogP contribution in [-0.2, 0) is 13.2 Å². The second-order valence-corrected chi connectivity index (χ2v) is 11.8. The molecule has 6 rings (SSSR count). The van der Waals surface area contributed by atoms with Gasteiger partial charge < -0.3 is 19.7 Å². The third-order valence-electron chi connectivity index (χ3n) is 8.70. The van der Waals surface area contributed by atoms with Crippen LogP contribution in [0.15, 0.2) is 90.1 Å². The lowest BCUT2D eigenvalue weighted by atomic mass is 9.90. The fraction of sp³-hybridized carbons (Fsp3) is 0.282. The topological polar surface area (TPSA) is 120 Å². The maximum atomic E-state index is 13.8. The first-order valence-electron chi connectivity index (χ1n) is 16.5. The molecule has 0 fully saturated rings. The van der Waals surface area contributed by atoms with Crippen molar-refractivity contribution in [3.63, 3.8) is 0 Å². The number of pyridine rings is 2. The minimum atomic E-state index is -0.312. The number of ether oxygens (including phenoxy) is 2. The Balaban J connectivity index is 1.46. The summed E-state index contributed by atoms with van der Waals surface area (Å²) in [5.74, 6) is 1.50. The standard InChI is InChI=1S/C39H40N4O5/c1-3-4-5-6-7-10-18-48-35-20-28-19-29(24-44)33(25-45)37(32(28)22-34(35)47-2)26-15-17-41-36(21-26)43-39(46)31-14-9-8-13-30(31)38(42-43)27-12-11-16-40-23-27/h8-9,11-17,19-23,44-45H,3-7,10,18,24-25H2,1-2H3. The smallest absolute Gasteiger partial charge is 0.280 e. The van der Waals surface area contributed by atoms with Crippen LogP contribution in [0.3, 0.4) is 0 Å². The molecule has 9 nitrogen and oxygen atoms in total. The first kappa shape index (κ1) is 32.8. The highest BCUT2D eigenvalue weighted by atomic mass is 16.5. The van der Waals surface area contributed by atoms with Crippen molar-refractivity contribution in [3.8, 4) is 39.7 Å². The second-order valence-electron chi connectivity index (χ2n) is 11.8. The number of hydrogen-bond acceptors (Lipinski definition) is 8. The van der Waals surface area contributed by atoms with E-state index in [9.17, 15) is 15.0 Å². The molecule has 3 aromatic heterocycles. The third-order valence-corrected chi connectivity index (χ3v) is 8.70. The van der Waals surface area contributed by atoms with Crippen LogP contribution in [-0.4, -0.2) is 43.7 Å². The van der Waals surface area contributed by atoms with Crippen molar-refractivity contribution in [1.82, 2.24) is 19.7 Å². The summed E-state index contributed by atoms with van der Waals surface area (Å²) >= 11 is 0. The molecule has 0 spiro atoms. The molecule has 0 atom stereocenters. The van der Waals surface area contributed by atoms with Crippen LogP contribution in [0.4, 0.5) is 0 Å². The quantitative estimate of drug-likeness (QED) is 0.118. The highest BCUT2D eigenvalue weighted by molar-refractivity contribution is 6.01. The number of aromatic nitrogens is 4. The number of rotatable bonds is 14. The van der Waals surface area contributed by atoms with Crippen LogP contribution in [0.5, 0.6) is 11.5 Å². The van der Waals surface area contributed by atoms with Gasteiger partial charge in [0.25, 0.3) is 5.56 Å². The van der Waals surface area contributed by atoms with Crippen molar-refractivity contribution in [1.29, 1.82) is 0 Å². The highest BCUT2D eigenvalue weighted by Gasteiger charge is 2.20. The summed E-state index contributed by atoms with van der Waals surface area (Å²) in [4.78, 5) is 22.6. The number of nitrogens with zero attached hydrogens (tertiary/aromatic N) is 4. The zero-order valence-corrected chi connectivity index (χ0v) is 27.4. The molecule has 3 heterocycles. The SMILES string of the molecule is CCCCCCCCOc1cc2cc(CO)c(CO)c(-c3ccnc(-n4nc(-c5cccnc5)c5ccccc5c4=O)c3)c2cc1OC. The molecule has 246 valence electrons. The summed E-state index contributed by atoms with van der Waals surface area (Å²) in [7, 11) is 1.61. The van der Waals surface area contributed by atoms with E-state index in [1.807, 2.05) is 54.6 Å². The molecule has 0 bridgehead atoms. The van der Waals surface area contributed by atoms with Gasteiger partial charge in [-0.15, -0.1) is 0 Å². The van der Waals surface area contributed by atoms with Gasteiger partial charge in [0.2, 0.25) is 0 Å². The van der Waals surface area contributed by atoms with Crippen LogP contribution < -0.4 is 15.0 Å². The lowest BCUT2D eigenvalue weighted by molar-refractivity contribution is 0.260. The lowest BCUT2D eigenvalue weighted by Crippen LogP contribution is -2.23. The Kier molecular flexibility index (Phi) is 10.4. The van der Waals surface area contributed by atoms with Crippen molar-refractivity contribution in [2.75, 3.05) is 13.7 Å². The van der Waals surface area contributed by atoms with Crippen molar-refractivity contribution in [3.05, 3.63) is 107 Å². The van der Waals surface area contributed by atoms with Gasteiger partial charge in [0.15, 0.2) is 17.3 Å². The summed E-state index contributed by atoms with van der Waals surface area (Å²) < 4.78 is 13.3. The van der Waals surface area contributed by atoms with E-state index in [4.69, 9.17) is 14.6 Å².